The van der Waals surface area contributed by atoms with Crippen molar-refractivity contribution in [1.29, 1.82) is 0 Å². The van der Waals surface area contributed by atoms with E-state index < -0.39 is 0 Å². The fourth-order valence-electron chi connectivity index (χ4n) is 5.61. The molecule has 0 amide bonds. The monoisotopic (exact) mass is 592 g/mol. The van der Waals surface area contributed by atoms with Gasteiger partial charge in [-0.05, 0) is 47.6 Å². The Bertz CT molecular complexity index is 1170. The number of aryl methyl sites for hydroxylation is 1. The molecule has 0 aliphatic rings. The van der Waals surface area contributed by atoms with Crippen LogP contribution in [-0.4, -0.2) is 12.4 Å². The van der Waals surface area contributed by atoms with E-state index in [4.69, 9.17) is 4.74 Å². The maximum absolute atomic E-state index is 12.2. The second-order valence-corrected chi connectivity index (χ2v) is 12.2. The Hall–Kier alpha value is -3.23. The highest BCUT2D eigenvalue weighted by Crippen LogP contribution is 2.16. The minimum absolute atomic E-state index is 0.0488. The van der Waals surface area contributed by atoms with Gasteiger partial charge in [0.15, 0.2) is 5.78 Å². The van der Waals surface area contributed by atoms with E-state index in [-0.39, 0.29) is 5.78 Å². The number of carbonyl (C=O) groups excluding carboxylic acids is 1. The van der Waals surface area contributed by atoms with Crippen molar-refractivity contribution >= 4 is 17.9 Å². The second-order valence-electron chi connectivity index (χ2n) is 12.2. The molecule has 3 rings (SSSR count). The zero-order valence-corrected chi connectivity index (χ0v) is 27.2. The largest absolute Gasteiger partial charge is 0.377 e. The Morgan fingerprint density at radius 2 is 1.02 bits per heavy atom. The molecule has 0 aromatic heterocycles. The van der Waals surface area contributed by atoms with Gasteiger partial charge in [-0.3, -0.25) is 4.79 Å². The quantitative estimate of drug-likeness (QED) is 0.0556. The first kappa shape index (κ1) is 35.3. The molecular weight excluding hydrogens is 536 g/mol. The van der Waals surface area contributed by atoms with Gasteiger partial charge in [0.05, 0.1) is 6.61 Å². The molecule has 0 spiro atoms. The minimum Gasteiger partial charge on any atom is -0.377 e. The van der Waals surface area contributed by atoms with Crippen molar-refractivity contribution in [1.82, 2.24) is 0 Å². The number of ketones is 1. The predicted octanol–water partition coefficient (Wildman–Crippen LogP) is 12.2. The van der Waals surface area contributed by atoms with Crippen molar-refractivity contribution in [2.45, 2.75) is 116 Å². The molecule has 3 aromatic rings. The first-order chi connectivity index (χ1) is 21.7. The van der Waals surface area contributed by atoms with Crippen molar-refractivity contribution in [2.24, 2.45) is 0 Å². The van der Waals surface area contributed by atoms with Crippen LogP contribution in [0.1, 0.15) is 135 Å². The van der Waals surface area contributed by atoms with Gasteiger partial charge in [0.2, 0.25) is 0 Å². The number of hydrogen-bond acceptors (Lipinski definition) is 2. The summed E-state index contributed by atoms with van der Waals surface area (Å²) in [6.07, 6.45) is 28.4. The number of unbranched alkanes of at least 4 members (excludes halogenated alkanes) is 15. The van der Waals surface area contributed by atoms with E-state index in [1.54, 1.807) is 6.08 Å². The molecule has 0 bridgehead atoms. The van der Waals surface area contributed by atoms with E-state index in [0.717, 1.165) is 36.3 Å². The number of ether oxygens (including phenoxy) is 1. The fraction of sp³-hybridized carbons (Fsp3) is 0.452. The van der Waals surface area contributed by atoms with E-state index in [1.807, 2.05) is 42.5 Å². The van der Waals surface area contributed by atoms with E-state index in [2.05, 4.69) is 55.1 Å². The van der Waals surface area contributed by atoms with Crippen molar-refractivity contribution in [3.05, 3.63) is 119 Å². The molecule has 2 nitrogen and oxygen atoms in total. The first-order valence-electron chi connectivity index (χ1n) is 17.4. The highest BCUT2D eigenvalue weighted by molar-refractivity contribution is 6.06. The summed E-state index contributed by atoms with van der Waals surface area (Å²) in [5.41, 5.74) is 5.60. The standard InChI is InChI=1S/C42H56O2/c1-2-37-25-31-40(32-26-37)36-44-35-21-16-14-12-10-8-6-4-3-5-7-9-11-13-15-18-22-38-27-29-39(30-28-38)33-34-42(43)41-23-19-17-20-24-41/h2,17,19-20,23-34H,1,3-16,18,21-22,35-36H2. The van der Waals surface area contributed by atoms with Gasteiger partial charge in [0.25, 0.3) is 0 Å². The lowest BCUT2D eigenvalue weighted by Crippen LogP contribution is -1.95. The Morgan fingerprint density at radius 1 is 0.545 bits per heavy atom. The van der Waals surface area contributed by atoms with Gasteiger partial charge in [-0.25, -0.2) is 0 Å². The number of carbonyl (C=O) groups is 1. The summed E-state index contributed by atoms with van der Waals surface area (Å²) >= 11 is 0. The van der Waals surface area contributed by atoms with Crippen LogP contribution >= 0.6 is 0 Å². The van der Waals surface area contributed by atoms with Crippen molar-refractivity contribution in [2.75, 3.05) is 6.61 Å². The third-order valence-corrected chi connectivity index (χ3v) is 8.45. The number of benzene rings is 3. The van der Waals surface area contributed by atoms with Gasteiger partial charge in [-0.2, -0.15) is 0 Å². The summed E-state index contributed by atoms with van der Waals surface area (Å²) in [7, 11) is 0. The third kappa shape index (κ3) is 16.0. The minimum atomic E-state index is 0.0488. The number of allylic oxidation sites excluding steroid dienone is 1. The van der Waals surface area contributed by atoms with Gasteiger partial charge in [-0.15, -0.1) is 0 Å². The van der Waals surface area contributed by atoms with Crippen LogP contribution in [0.2, 0.25) is 0 Å². The van der Waals surface area contributed by atoms with Gasteiger partial charge >= 0.3 is 0 Å². The van der Waals surface area contributed by atoms with E-state index in [0.29, 0.717) is 0 Å². The van der Waals surface area contributed by atoms with Gasteiger partial charge in [0.1, 0.15) is 0 Å². The zero-order chi connectivity index (χ0) is 30.9. The molecule has 0 saturated heterocycles. The third-order valence-electron chi connectivity index (χ3n) is 8.45. The second kappa shape index (κ2) is 23.2. The molecule has 0 heterocycles. The zero-order valence-electron chi connectivity index (χ0n) is 27.2. The van der Waals surface area contributed by atoms with Gasteiger partial charge < -0.3 is 4.74 Å². The van der Waals surface area contributed by atoms with Crippen molar-refractivity contribution in [3.63, 3.8) is 0 Å². The van der Waals surface area contributed by atoms with Crippen molar-refractivity contribution in [3.8, 4) is 0 Å². The molecule has 0 atom stereocenters. The number of hydrogen-bond donors (Lipinski definition) is 0. The molecule has 0 saturated carbocycles. The van der Waals surface area contributed by atoms with Crippen LogP contribution < -0.4 is 0 Å². The summed E-state index contributed by atoms with van der Waals surface area (Å²) in [5, 5.41) is 0. The van der Waals surface area contributed by atoms with Crippen molar-refractivity contribution < 1.29 is 9.53 Å². The maximum atomic E-state index is 12.2. The van der Waals surface area contributed by atoms with E-state index in [9.17, 15) is 4.79 Å². The highest BCUT2D eigenvalue weighted by Gasteiger charge is 2.01. The molecule has 44 heavy (non-hydrogen) atoms. The highest BCUT2D eigenvalue weighted by atomic mass is 16.5. The SMILES string of the molecule is C=Cc1ccc(COCCCCCCCCCCCCCCCCCCc2ccc(C=CC(=O)c3ccccc3)cc2)cc1. The van der Waals surface area contributed by atoms with Crippen LogP contribution in [0.5, 0.6) is 0 Å². The lowest BCUT2D eigenvalue weighted by molar-refractivity contribution is 0.104. The molecule has 0 fully saturated rings. The Labute approximate surface area is 268 Å². The lowest BCUT2D eigenvalue weighted by atomic mass is 10.0. The van der Waals surface area contributed by atoms with E-state index in [1.165, 1.54) is 114 Å². The molecule has 0 unspecified atom stereocenters. The maximum Gasteiger partial charge on any atom is 0.185 e. The topological polar surface area (TPSA) is 26.3 Å². The first-order valence-corrected chi connectivity index (χ1v) is 17.4. The summed E-state index contributed by atoms with van der Waals surface area (Å²) in [4.78, 5) is 12.2. The van der Waals surface area contributed by atoms with Crippen LogP contribution in [0.25, 0.3) is 12.2 Å². The molecular formula is C42H56O2. The molecule has 236 valence electrons. The Kier molecular flexibility index (Phi) is 18.6. The summed E-state index contributed by atoms with van der Waals surface area (Å²) < 4.78 is 5.82. The molecule has 3 aromatic carbocycles. The Morgan fingerprint density at radius 3 is 1.57 bits per heavy atom. The number of rotatable bonds is 25. The molecule has 0 aliphatic carbocycles. The predicted molar refractivity (Wildman–Crippen MR) is 190 cm³/mol. The average molecular weight is 593 g/mol. The summed E-state index contributed by atoms with van der Waals surface area (Å²) in [5.74, 6) is 0.0488. The van der Waals surface area contributed by atoms with Crippen LogP contribution in [-0.2, 0) is 17.8 Å². The smallest absolute Gasteiger partial charge is 0.185 e. The van der Waals surface area contributed by atoms with E-state index >= 15 is 0 Å². The van der Waals surface area contributed by atoms with Gasteiger partial charge in [0, 0.05) is 12.2 Å². The molecule has 0 radical (unpaired) electrons. The molecule has 0 N–H and O–H groups in total. The summed E-state index contributed by atoms with van der Waals surface area (Å²) in [6.45, 7) is 5.39. The fourth-order valence-corrected chi connectivity index (χ4v) is 5.61. The normalized spacial score (nSPS) is 11.3. The molecule has 2 heteroatoms. The molecule has 0 aliphatic heterocycles. The van der Waals surface area contributed by atoms with Crippen LogP contribution in [0.15, 0.2) is 91.5 Å². The van der Waals surface area contributed by atoms with Crippen LogP contribution in [0.3, 0.4) is 0 Å². The van der Waals surface area contributed by atoms with Crippen LogP contribution in [0, 0.1) is 0 Å². The summed E-state index contributed by atoms with van der Waals surface area (Å²) in [6, 6.07) is 26.5. The Balaban J connectivity index is 1.03. The van der Waals surface area contributed by atoms with Crippen LogP contribution in [0.4, 0.5) is 0 Å². The average Bonchev–Trinajstić information content (AvgIpc) is 3.07. The van der Waals surface area contributed by atoms with Gasteiger partial charge in [-0.1, -0.05) is 187 Å². The lowest BCUT2D eigenvalue weighted by Gasteiger charge is -2.06.